The van der Waals surface area contributed by atoms with Crippen molar-refractivity contribution in [3.63, 3.8) is 0 Å². The number of carbonyl (C=O) groups excluding carboxylic acids is 1. The summed E-state index contributed by atoms with van der Waals surface area (Å²) in [6.45, 7) is 2.09. The van der Waals surface area contributed by atoms with Crippen LogP contribution in [0.25, 0.3) is 11.3 Å². The van der Waals surface area contributed by atoms with Crippen molar-refractivity contribution in [1.29, 1.82) is 0 Å². The predicted molar refractivity (Wildman–Crippen MR) is 117 cm³/mol. The molecule has 2 N–H and O–H groups in total. The molecule has 29 heavy (non-hydrogen) atoms. The Morgan fingerprint density at radius 1 is 0.759 bits per heavy atom. The lowest BCUT2D eigenvalue weighted by molar-refractivity contribution is 0.262. The van der Waals surface area contributed by atoms with Crippen LogP contribution in [0.2, 0.25) is 0 Å². The summed E-state index contributed by atoms with van der Waals surface area (Å²) in [5.41, 5.74) is 3.15. The van der Waals surface area contributed by atoms with Gasteiger partial charge >= 0.3 is 6.03 Å². The molecule has 0 saturated carbocycles. The monoisotopic (exact) mass is 387 g/mol. The van der Waals surface area contributed by atoms with Gasteiger partial charge in [0.25, 0.3) is 0 Å². The first-order valence-electron chi connectivity index (χ1n) is 10.1. The van der Waals surface area contributed by atoms with Crippen LogP contribution in [0, 0.1) is 0 Å². The topological polar surface area (TPSA) is 70.2 Å². The van der Waals surface area contributed by atoms with Crippen LogP contribution in [0.5, 0.6) is 0 Å². The van der Waals surface area contributed by atoms with E-state index in [-0.39, 0.29) is 6.03 Å². The lowest BCUT2D eigenvalue weighted by Crippen LogP contribution is -2.25. The standard InChI is InChI=1S/C23H25N5O/c29-23(24-19-10-4-3-5-11-19)25-20-12-8-9-18(17-20)21-13-14-22(27-26-21)28-15-6-1-2-7-16-28/h3-5,8-14,17H,1-2,6-7,15-16H2,(H2,24,25,29). The Balaban J connectivity index is 1.43. The van der Waals surface area contributed by atoms with E-state index < -0.39 is 0 Å². The van der Waals surface area contributed by atoms with E-state index in [1.54, 1.807) is 0 Å². The third-order valence-corrected chi connectivity index (χ3v) is 5.03. The van der Waals surface area contributed by atoms with E-state index in [0.29, 0.717) is 5.69 Å². The quantitative estimate of drug-likeness (QED) is 0.648. The average Bonchev–Trinajstić information content (AvgIpc) is 3.04. The second kappa shape index (κ2) is 9.19. The summed E-state index contributed by atoms with van der Waals surface area (Å²) in [7, 11) is 0. The maximum absolute atomic E-state index is 12.2. The van der Waals surface area contributed by atoms with Crippen LogP contribution in [-0.4, -0.2) is 29.3 Å². The molecule has 6 heteroatoms. The number of rotatable bonds is 4. The number of urea groups is 1. The number of nitrogens with one attached hydrogen (secondary N) is 2. The molecule has 1 saturated heterocycles. The summed E-state index contributed by atoms with van der Waals surface area (Å²) < 4.78 is 0. The molecule has 1 aliphatic rings. The van der Waals surface area contributed by atoms with Gasteiger partial charge in [0.15, 0.2) is 5.82 Å². The molecule has 4 rings (SSSR count). The minimum Gasteiger partial charge on any atom is -0.355 e. The summed E-state index contributed by atoms with van der Waals surface area (Å²) in [6, 6.07) is 20.7. The Hall–Kier alpha value is -3.41. The van der Waals surface area contributed by atoms with Gasteiger partial charge in [0, 0.05) is 30.0 Å². The van der Waals surface area contributed by atoms with Gasteiger partial charge in [0.1, 0.15) is 0 Å². The fourth-order valence-corrected chi connectivity index (χ4v) is 3.52. The van der Waals surface area contributed by atoms with Crippen LogP contribution >= 0.6 is 0 Å². The molecule has 1 fully saturated rings. The van der Waals surface area contributed by atoms with Gasteiger partial charge in [0.05, 0.1) is 5.69 Å². The molecule has 0 unspecified atom stereocenters. The molecule has 1 aromatic heterocycles. The van der Waals surface area contributed by atoms with Crippen molar-refractivity contribution < 1.29 is 4.79 Å². The van der Waals surface area contributed by atoms with Crippen LogP contribution in [0.4, 0.5) is 22.0 Å². The lowest BCUT2D eigenvalue weighted by Gasteiger charge is -2.20. The SMILES string of the molecule is O=C(Nc1ccccc1)Nc1cccc(-c2ccc(N3CCCCCC3)nn2)c1. The number of hydrogen-bond acceptors (Lipinski definition) is 4. The van der Waals surface area contributed by atoms with Gasteiger partial charge in [-0.1, -0.05) is 43.2 Å². The maximum Gasteiger partial charge on any atom is 0.323 e. The number of carbonyl (C=O) groups is 1. The van der Waals surface area contributed by atoms with Crippen LogP contribution in [-0.2, 0) is 0 Å². The first-order valence-corrected chi connectivity index (χ1v) is 10.1. The largest absolute Gasteiger partial charge is 0.355 e. The summed E-state index contributed by atoms with van der Waals surface area (Å²) >= 11 is 0. The first kappa shape index (κ1) is 18.9. The molecule has 1 aliphatic heterocycles. The molecule has 0 radical (unpaired) electrons. The molecule has 2 aromatic carbocycles. The number of para-hydroxylation sites is 1. The van der Waals surface area contributed by atoms with E-state index in [9.17, 15) is 4.79 Å². The Labute approximate surface area is 171 Å². The van der Waals surface area contributed by atoms with E-state index >= 15 is 0 Å². The van der Waals surface area contributed by atoms with Gasteiger partial charge < -0.3 is 15.5 Å². The van der Waals surface area contributed by atoms with Crippen LogP contribution in [0.1, 0.15) is 25.7 Å². The van der Waals surface area contributed by atoms with Crippen molar-refractivity contribution in [2.45, 2.75) is 25.7 Å². The highest BCUT2D eigenvalue weighted by atomic mass is 16.2. The van der Waals surface area contributed by atoms with Gasteiger partial charge in [-0.05, 0) is 49.2 Å². The van der Waals surface area contributed by atoms with E-state index in [2.05, 4.69) is 25.7 Å². The molecule has 0 bridgehead atoms. The first-order chi connectivity index (χ1) is 14.3. The molecule has 0 aliphatic carbocycles. The number of hydrogen-bond donors (Lipinski definition) is 2. The van der Waals surface area contributed by atoms with Crippen molar-refractivity contribution in [2.24, 2.45) is 0 Å². The predicted octanol–water partition coefficient (Wildman–Crippen LogP) is 5.17. The van der Waals surface area contributed by atoms with Crippen molar-refractivity contribution in [2.75, 3.05) is 28.6 Å². The Morgan fingerprint density at radius 3 is 2.21 bits per heavy atom. The second-order valence-corrected chi connectivity index (χ2v) is 7.20. The van der Waals surface area contributed by atoms with Crippen LogP contribution < -0.4 is 15.5 Å². The molecule has 6 nitrogen and oxygen atoms in total. The van der Waals surface area contributed by atoms with Gasteiger partial charge in [0.2, 0.25) is 0 Å². The third-order valence-electron chi connectivity index (χ3n) is 5.03. The number of nitrogens with zero attached hydrogens (tertiary/aromatic N) is 3. The average molecular weight is 387 g/mol. The fraction of sp³-hybridized carbons (Fsp3) is 0.261. The summed E-state index contributed by atoms with van der Waals surface area (Å²) in [6.07, 6.45) is 5.00. The maximum atomic E-state index is 12.2. The normalized spacial score (nSPS) is 14.1. The highest BCUT2D eigenvalue weighted by Crippen LogP contribution is 2.23. The van der Waals surface area contributed by atoms with E-state index in [1.807, 2.05) is 66.7 Å². The number of benzene rings is 2. The molecule has 2 heterocycles. The van der Waals surface area contributed by atoms with Crippen LogP contribution in [0.15, 0.2) is 66.7 Å². The smallest absolute Gasteiger partial charge is 0.323 e. The van der Waals surface area contributed by atoms with Crippen molar-refractivity contribution in [3.8, 4) is 11.3 Å². The molecular weight excluding hydrogens is 362 g/mol. The highest BCUT2D eigenvalue weighted by Gasteiger charge is 2.12. The minimum absolute atomic E-state index is 0.282. The van der Waals surface area contributed by atoms with E-state index in [0.717, 1.165) is 35.9 Å². The Bertz CT molecular complexity index is 935. The van der Waals surface area contributed by atoms with E-state index in [1.165, 1.54) is 25.7 Å². The van der Waals surface area contributed by atoms with Gasteiger partial charge in [-0.25, -0.2) is 4.79 Å². The van der Waals surface area contributed by atoms with Gasteiger partial charge in [-0.2, -0.15) is 0 Å². The molecule has 2 amide bonds. The van der Waals surface area contributed by atoms with Crippen molar-refractivity contribution in [1.82, 2.24) is 10.2 Å². The molecular formula is C23H25N5O. The molecule has 0 atom stereocenters. The zero-order valence-electron chi connectivity index (χ0n) is 16.3. The minimum atomic E-state index is -0.282. The zero-order chi connectivity index (χ0) is 19.9. The molecule has 3 aromatic rings. The Morgan fingerprint density at radius 2 is 1.48 bits per heavy atom. The molecule has 148 valence electrons. The molecule has 0 spiro atoms. The Kier molecular flexibility index (Phi) is 6.00. The van der Waals surface area contributed by atoms with Crippen LogP contribution in [0.3, 0.4) is 0 Å². The second-order valence-electron chi connectivity index (χ2n) is 7.20. The van der Waals surface area contributed by atoms with Crippen molar-refractivity contribution >= 4 is 23.2 Å². The summed E-state index contributed by atoms with van der Waals surface area (Å²) in [5, 5.41) is 14.5. The highest BCUT2D eigenvalue weighted by molar-refractivity contribution is 6.00. The number of amides is 2. The van der Waals surface area contributed by atoms with Gasteiger partial charge in [-0.3, -0.25) is 0 Å². The number of anilines is 3. The van der Waals surface area contributed by atoms with Gasteiger partial charge in [-0.15, -0.1) is 10.2 Å². The number of aromatic nitrogens is 2. The van der Waals surface area contributed by atoms with Crippen molar-refractivity contribution in [3.05, 3.63) is 66.7 Å². The fourth-order valence-electron chi connectivity index (χ4n) is 3.52. The van der Waals surface area contributed by atoms with E-state index in [4.69, 9.17) is 0 Å². The summed E-state index contributed by atoms with van der Waals surface area (Å²) in [4.78, 5) is 14.5. The lowest BCUT2D eigenvalue weighted by atomic mass is 10.1. The zero-order valence-corrected chi connectivity index (χ0v) is 16.3. The summed E-state index contributed by atoms with van der Waals surface area (Å²) in [5.74, 6) is 0.937. The third kappa shape index (κ3) is 5.10.